The van der Waals surface area contributed by atoms with Crippen LogP contribution in [0.1, 0.15) is 38.5 Å². The number of halogens is 2. The maximum atomic E-state index is 13.5. The average molecular weight is 491 g/mol. The second-order valence-electron chi connectivity index (χ2n) is 8.26. The zero-order valence-corrected chi connectivity index (χ0v) is 19.1. The largest absolute Gasteiger partial charge is 0.399 e. The molecule has 2 aliphatic heterocycles. The minimum Gasteiger partial charge on any atom is -0.399 e. The van der Waals surface area contributed by atoms with Crippen LogP contribution >= 0.6 is 11.6 Å². The van der Waals surface area contributed by atoms with E-state index in [0.29, 0.717) is 29.9 Å². The van der Waals surface area contributed by atoms with Crippen molar-refractivity contribution in [3.8, 4) is 0 Å². The van der Waals surface area contributed by atoms with E-state index in [0.717, 1.165) is 12.5 Å². The highest BCUT2D eigenvalue weighted by Crippen LogP contribution is 2.31. The molecule has 7 N–H and O–H groups in total. The number of nitrogens with two attached hydrogens (primary N) is 2. The second kappa shape index (κ2) is 9.09. The Hall–Kier alpha value is -3.41. The number of anilines is 1. The third-order valence-electron chi connectivity index (χ3n) is 6.08. The lowest BCUT2D eigenvalue weighted by atomic mass is 9.92. The molecule has 4 rings (SSSR count). The second-order valence-corrected chi connectivity index (χ2v) is 8.67. The molecule has 10 nitrogen and oxygen atoms in total. The highest BCUT2D eigenvalue weighted by molar-refractivity contribution is 6.44. The van der Waals surface area contributed by atoms with Gasteiger partial charge in [-0.2, -0.15) is 0 Å². The number of fused-ring (bicyclic) bond motifs is 1. The molecular weight excluding hydrogens is 467 g/mol. The lowest BCUT2D eigenvalue weighted by molar-refractivity contribution is -0.125. The Bertz CT molecular complexity index is 1220. The number of nitrogens with one attached hydrogen (secondary N) is 3. The van der Waals surface area contributed by atoms with E-state index >= 15 is 0 Å². The smallest absolute Gasteiger partial charge is 0.293 e. The predicted molar refractivity (Wildman–Crippen MR) is 122 cm³/mol. The summed E-state index contributed by atoms with van der Waals surface area (Å²) in [6.07, 6.45) is 2.58. The van der Waals surface area contributed by atoms with Crippen LogP contribution < -0.4 is 27.6 Å². The summed E-state index contributed by atoms with van der Waals surface area (Å²) in [5.74, 6) is 2.54. The molecule has 0 atom stereocenters. The van der Waals surface area contributed by atoms with Crippen molar-refractivity contribution in [1.82, 2.24) is 15.3 Å². The SMILES string of the molecule is Cc1c(C(=O)C(=O)NC2(/C(N)=C/NN)COC2)c2n(c1C(=O)Nc1ccc(F)c(Cl)c1)CCC2. The summed E-state index contributed by atoms with van der Waals surface area (Å²) in [5.41, 5.74) is 9.22. The minimum absolute atomic E-state index is 0.0940. The van der Waals surface area contributed by atoms with Crippen molar-refractivity contribution in [3.63, 3.8) is 0 Å². The Morgan fingerprint density at radius 3 is 2.65 bits per heavy atom. The van der Waals surface area contributed by atoms with Gasteiger partial charge in [0.25, 0.3) is 17.6 Å². The molecule has 0 saturated carbocycles. The molecule has 1 aromatic heterocycles. The third kappa shape index (κ3) is 4.02. The number of nitrogens with zero attached hydrogens (tertiary/aromatic N) is 1. The highest BCUT2D eigenvalue weighted by atomic mass is 35.5. The van der Waals surface area contributed by atoms with E-state index in [1.807, 2.05) is 0 Å². The summed E-state index contributed by atoms with van der Waals surface area (Å²) in [4.78, 5) is 39.3. The van der Waals surface area contributed by atoms with E-state index in [2.05, 4.69) is 16.1 Å². The summed E-state index contributed by atoms with van der Waals surface area (Å²) in [6.45, 7) is 2.33. The van der Waals surface area contributed by atoms with Crippen LogP contribution in [0.25, 0.3) is 0 Å². The average Bonchev–Trinajstić information content (AvgIpc) is 3.32. The fraction of sp³-hybridized carbons (Fsp3) is 0.318. The topological polar surface area (TPSA) is 154 Å². The Balaban J connectivity index is 1.62. The normalized spacial score (nSPS) is 16.4. The van der Waals surface area contributed by atoms with Gasteiger partial charge in [-0.15, -0.1) is 0 Å². The number of ketones is 1. The van der Waals surface area contributed by atoms with Gasteiger partial charge >= 0.3 is 0 Å². The fourth-order valence-electron chi connectivity index (χ4n) is 4.31. The molecule has 0 aliphatic carbocycles. The van der Waals surface area contributed by atoms with Gasteiger partial charge in [-0.05, 0) is 43.5 Å². The number of Topliss-reactive ketones (excluding diaryl/α,β-unsaturated/α-hetero) is 1. The van der Waals surface area contributed by atoms with Crippen LogP contribution in [0, 0.1) is 12.7 Å². The van der Waals surface area contributed by atoms with Gasteiger partial charge in [0.05, 0.1) is 29.5 Å². The van der Waals surface area contributed by atoms with Crippen LogP contribution in [0.5, 0.6) is 0 Å². The lowest BCUT2D eigenvalue weighted by Crippen LogP contribution is -2.66. The van der Waals surface area contributed by atoms with Crippen molar-refractivity contribution in [2.75, 3.05) is 18.5 Å². The number of carbonyl (C=O) groups excluding carboxylic acids is 3. The molecule has 1 fully saturated rings. The maximum Gasteiger partial charge on any atom is 0.293 e. The number of benzene rings is 1. The van der Waals surface area contributed by atoms with Gasteiger partial charge in [0.1, 0.15) is 17.1 Å². The standard InChI is InChI=1S/C22H24ClFN6O4/c1-11-17(19(31)21(33)29-22(9-34-10-22)16(25)8-27-26)15-3-2-6-30(15)18(11)20(32)28-12-4-5-14(24)13(23)7-12/h4-5,7-8,27H,2-3,6,9-10,25-26H2,1H3,(H,28,32)(H,29,33)/b16-8-. The number of hydrogen-bond donors (Lipinski definition) is 5. The first kappa shape index (κ1) is 23.7. The Kier molecular flexibility index (Phi) is 6.34. The first-order valence-corrected chi connectivity index (χ1v) is 10.9. The number of amides is 2. The van der Waals surface area contributed by atoms with Crippen molar-refractivity contribution in [2.24, 2.45) is 11.6 Å². The summed E-state index contributed by atoms with van der Waals surface area (Å²) in [7, 11) is 0. The zero-order valence-electron chi connectivity index (χ0n) is 18.3. The molecule has 2 aromatic rings. The molecule has 1 saturated heterocycles. The summed E-state index contributed by atoms with van der Waals surface area (Å²) in [5, 5.41) is 5.21. The van der Waals surface area contributed by atoms with Crippen LogP contribution in [0.15, 0.2) is 30.1 Å². The molecule has 0 radical (unpaired) electrons. The molecular formula is C22H24ClFN6O4. The van der Waals surface area contributed by atoms with Crippen LogP contribution in [0.4, 0.5) is 10.1 Å². The molecule has 3 heterocycles. The van der Waals surface area contributed by atoms with E-state index in [4.69, 9.17) is 27.9 Å². The molecule has 1 aromatic carbocycles. The molecule has 0 spiro atoms. The van der Waals surface area contributed by atoms with Gasteiger partial charge in [-0.1, -0.05) is 11.6 Å². The van der Waals surface area contributed by atoms with Gasteiger partial charge in [-0.25, -0.2) is 4.39 Å². The summed E-state index contributed by atoms with van der Waals surface area (Å²) < 4.78 is 20.4. The number of carbonyl (C=O) groups is 3. The molecule has 2 aliphatic rings. The Labute approximate surface area is 199 Å². The Morgan fingerprint density at radius 2 is 2.03 bits per heavy atom. The van der Waals surface area contributed by atoms with Gasteiger partial charge in [0.15, 0.2) is 0 Å². The molecule has 12 heteroatoms. The van der Waals surface area contributed by atoms with Gasteiger partial charge in [0.2, 0.25) is 0 Å². The van der Waals surface area contributed by atoms with Crippen molar-refractivity contribution in [2.45, 2.75) is 31.8 Å². The van der Waals surface area contributed by atoms with Crippen molar-refractivity contribution in [3.05, 3.63) is 63.5 Å². The van der Waals surface area contributed by atoms with Crippen molar-refractivity contribution in [1.29, 1.82) is 0 Å². The van der Waals surface area contributed by atoms with Crippen LogP contribution in [-0.4, -0.2) is 40.9 Å². The van der Waals surface area contributed by atoms with E-state index in [1.54, 1.807) is 11.5 Å². The molecule has 0 unspecified atom stereocenters. The van der Waals surface area contributed by atoms with Crippen LogP contribution in [0.2, 0.25) is 5.02 Å². The fourth-order valence-corrected chi connectivity index (χ4v) is 4.49. The molecule has 180 valence electrons. The molecule has 2 amide bonds. The number of hydrogen-bond acceptors (Lipinski definition) is 7. The maximum absolute atomic E-state index is 13.5. The zero-order chi connectivity index (χ0) is 24.6. The number of hydrazine groups is 1. The van der Waals surface area contributed by atoms with E-state index < -0.39 is 29.0 Å². The van der Waals surface area contributed by atoms with Gasteiger partial charge in [-0.3, -0.25) is 20.2 Å². The van der Waals surface area contributed by atoms with E-state index in [9.17, 15) is 18.8 Å². The number of rotatable bonds is 7. The highest BCUT2D eigenvalue weighted by Gasteiger charge is 2.45. The van der Waals surface area contributed by atoms with E-state index in [1.165, 1.54) is 18.3 Å². The molecule has 34 heavy (non-hydrogen) atoms. The summed E-state index contributed by atoms with van der Waals surface area (Å²) >= 11 is 5.81. The molecule has 0 bridgehead atoms. The number of aromatic nitrogens is 1. The quantitative estimate of drug-likeness (QED) is 0.169. The minimum atomic E-state index is -1.04. The van der Waals surface area contributed by atoms with Crippen LogP contribution in [-0.2, 0) is 22.5 Å². The van der Waals surface area contributed by atoms with Gasteiger partial charge in [0, 0.05) is 24.1 Å². The first-order valence-electron chi connectivity index (χ1n) is 10.5. The predicted octanol–water partition coefficient (Wildman–Crippen LogP) is 1.12. The Morgan fingerprint density at radius 1 is 1.29 bits per heavy atom. The first-order chi connectivity index (χ1) is 16.2. The third-order valence-corrected chi connectivity index (χ3v) is 6.37. The van der Waals surface area contributed by atoms with Crippen LogP contribution in [0.3, 0.4) is 0 Å². The number of ether oxygens (including phenoxy) is 1. The van der Waals surface area contributed by atoms with E-state index in [-0.39, 0.29) is 35.2 Å². The monoisotopic (exact) mass is 490 g/mol. The lowest BCUT2D eigenvalue weighted by Gasteiger charge is -2.42. The van der Waals surface area contributed by atoms with Crippen molar-refractivity contribution >= 4 is 34.9 Å². The van der Waals surface area contributed by atoms with Crippen molar-refractivity contribution < 1.29 is 23.5 Å². The summed E-state index contributed by atoms with van der Waals surface area (Å²) in [6, 6.07) is 3.83. The van der Waals surface area contributed by atoms with Gasteiger partial charge < -0.3 is 31.1 Å².